The molecule has 1 amide bonds. The third-order valence-corrected chi connectivity index (χ3v) is 9.40. The zero-order valence-electron chi connectivity index (χ0n) is 20.3. The van der Waals surface area contributed by atoms with Crippen LogP contribution < -0.4 is 0 Å². The monoisotopic (exact) mass is 561 g/mol. The summed E-state index contributed by atoms with van der Waals surface area (Å²) in [5.41, 5.74) is 0.269. The molecule has 0 spiro atoms. The number of hydrogen-bond acceptors (Lipinski definition) is 8. The summed E-state index contributed by atoms with van der Waals surface area (Å²) < 4.78 is 35.6. The smallest absolute Gasteiger partial charge is 0.420 e. The molecule has 0 saturated carbocycles. The molecule has 1 aromatic carbocycles. The van der Waals surface area contributed by atoms with Gasteiger partial charge >= 0.3 is 6.09 Å². The molecule has 4 aromatic rings. The second-order valence-corrected chi connectivity index (χ2v) is 13.3. The van der Waals surface area contributed by atoms with E-state index in [1.807, 2.05) is 0 Å². The van der Waals surface area contributed by atoms with Gasteiger partial charge in [0.2, 0.25) is 5.91 Å². The minimum absolute atomic E-state index is 0.0159. The van der Waals surface area contributed by atoms with E-state index >= 15 is 0 Å². The van der Waals surface area contributed by atoms with Gasteiger partial charge in [0.1, 0.15) is 21.2 Å². The molecule has 5 rings (SSSR count). The summed E-state index contributed by atoms with van der Waals surface area (Å²) in [6.45, 7) is 5.24. The maximum Gasteiger partial charge on any atom is 0.420 e. The van der Waals surface area contributed by atoms with Crippen molar-refractivity contribution in [1.29, 1.82) is 0 Å². The molecule has 1 aliphatic heterocycles. The number of piperazine rings is 1. The quantitative estimate of drug-likeness (QED) is 0.368. The Morgan fingerprint density at radius 2 is 1.97 bits per heavy atom. The molecule has 37 heavy (non-hydrogen) atoms. The predicted octanol–water partition coefficient (Wildman–Crippen LogP) is 4.12. The molecule has 10 nitrogen and oxygen atoms in total. The van der Waals surface area contributed by atoms with Gasteiger partial charge in [-0.25, -0.2) is 22.8 Å². The molecular weight excluding hydrogens is 538 g/mol. The van der Waals surface area contributed by atoms with E-state index in [2.05, 4.69) is 9.97 Å². The van der Waals surface area contributed by atoms with Crippen molar-refractivity contribution in [3.63, 3.8) is 0 Å². The van der Waals surface area contributed by atoms with E-state index in [4.69, 9.17) is 16.3 Å². The van der Waals surface area contributed by atoms with Gasteiger partial charge in [0.15, 0.2) is 0 Å². The number of carbonyl (C=O) groups is 2. The number of rotatable bonds is 4. The molecule has 0 atom stereocenters. The van der Waals surface area contributed by atoms with Crippen LogP contribution in [0.4, 0.5) is 4.79 Å². The molecule has 4 heterocycles. The maximum atomic E-state index is 13.3. The first-order valence-corrected chi connectivity index (χ1v) is 14.1. The molecule has 194 valence electrons. The van der Waals surface area contributed by atoms with Crippen LogP contribution in [0.2, 0.25) is 5.02 Å². The highest BCUT2D eigenvalue weighted by Crippen LogP contribution is 2.33. The van der Waals surface area contributed by atoms with Crippen molar-refractivity contribution < 1.29 is 22.7 Å². The van der Waals surface area contributed by atoms with Crippen LogP contribution in [0.25, 0.3) is 21.1 Å². The second kappa shape index (κ2) is 9.35. The summed E-state index contributed by atoms with van der Waals surface area (Å²) in [5.74, 6) is -0.0804. The van der Waals surface area contributed by atoms with Crippen LogP contribution in [0.3, 0.4) is 0 Å². The summed E-state index contributed by atoms with van der Waals surface area (Å²) in [6, 6.07) is 8.44. The third-order valence-electron chi connectivity index (χ3n) is 5.77. The zero-order chi connectivity index (χ0) is 26.5. The van der Waals surface area contributed by atoms with E-state index in [0.29, 0.717) is 21.9 Å². The normalized spacial score (nSPS) is 15.6. The molecule has 1 aliphatic rings. The van der Waals surface area contributed by atoms with Gasteiger partial charge in [-0.15, -0.1) is 11.3 Å². The van der Waals surface area contributed by atoms with Crippen molar-refractivity contribution in [3.8, 4) is 0 Å². The molecule has 1 fully saturated rings. The van der Waals surface area contributed by atoms with Gasteiger partial charge in [0, 0.05) is 29.0 Å². The first kappa shape index (κ1) is 25.6. The van der Waals surface area contributed by atoms with E-state index in [0.717, 1.165) is 21.4 Å². The topological polar surface area (TPSA) is 115 Å². The van der Waals surface area contributed by atoms with Crippen LogP contribution in [-0.2, 0) is 26.1 Å². The number of ether oxygens (including phenoxy) is 1. The number of halogens is 1. The predicted molar refractivity (Wildman–Crippen MR) is 140 cm³/mol. The number of pyridine rings is 1. The number of sulfonamides is 1. The van der Waals surface area contributed by atoms with Gasteiger partial charge in [0.25, 0.3) is 10.0 Å². The fourth-order valence-electron chi connectivity index (χ4n) is 4.06. The Hall–Kier alpha value is -3.06. The Morgan fingerprint density at radius 1 is 1.19 bits per heavy atom. The fourth-order valence-corrected chi connectivity index (χ4v) is 7.27. The highest BCUT2D eigenvalue weighted by molar-refractivity contribution is 7.91. The third kappa shape index (κ3) is 5.06. The van der Waals surface area contributed by atoms with Gasteiger partial charge in [0.05, 0.1) is 24.8 Å². The maximum absolute atomic E-state index is 13.3. The number of carbonyl (C=O) groups excluding carboxylic acids is 2. The first-order chi connectivity index (χ1) is 17.4. The number of amides is 1. The Balaban J connectivity index is 1.37. The number of fused-ring (bicyclic) bond motifs is 2. The minimum Gasteiger partial charge on any atom is -0.443 e. The van der Waals surface area contributed by atoms with Gasteiger partial charge in [-0.1, -0.05) is 17.7 Å². The molecular formula is C24H24ClN5O5S2. The highest BCUT2D eigenvalue weighted by atomic mass is 35.5. The van der Waals surface area contributed by atoms with Gasteiger partial charge in [-0.05, 0) is 50.4 Å². The number of imidazole rings is 1. The van der Waals surface area contributed by atoms with E-state index in [1.54, 1.807) is 57.3 Å². The number of hydrogen-bond donors (Lipinski definition) is 0. The minimum atomic E-state index is -3.87. The second-order valence-electron chi connectivity index (χ2n) is 9.61. The summed E-state index contributed by atoms with van der Waals surface area (Å²) in [5, 5.41) is 1.30. The van der Waals surface area contributed by atoms with E-state index in [1.165, 1.54) is 20.0 Å². The molecule has 0 aliphatic carbocycles. The first-order valence-electron chi connectivity index (χ1n) is 11.4. The van der Waals surface area contributed by atoms with E-state index < -0.39 is 21.7 Å². The van der Waals surface area contributed by atoms with Gasteiger partial charge in [-0.3, -0.25) is 9.78 Å². The average molecular weight is 562 g/mol. The Bertz CT molecular complexity index is 1640. The number of aromatic nitrogens is 3. The lowest BCUT2D eigenvalue weighted by molar-refractivity contribution is -0.134. The van der Waals surface area contributed by atoms with Crippen molar-refractivity contribution in [1.82, 2.24) is 23.7 Å². The van der Waals surface area contributed by atoms with Crippen LogP contribution in [0.15, 0.2) is 46.9 Å². The van der Waals surface area contributed by atoms with Crippen LogP contribution in [-0.4, -0.2) is 69.4 Å². The van der Waals surface area contributed by atoms with Crippen LogP contribution in [0.1, 0.15) is 26.6 Å². The Labute approximate surface area is 222 Å². The highest BCUT2D eigenvalue weighted by Gasteiger charge is 2.35. The van der Waals surface area contributed by atoms with Crippen molar-refractivity contribution in [3.05, 3.63) is 53.6 Å². The fraction of sp³-hybridized carbons (Fsp3) is 0.333. The molecule has 3 aromatic heterocycles. The van der Waals surface area contributed by atoms with Crippen LogP contribution in [0, 0.1) is 0 Å². The lowest BCUT2D eigenvalue weighted by Crippen LogP contribution is -2.51. The Kier molecular flexibility index (Phi) is 6.47. The van der Waals surface area contributed by atoms with Crippen molar-refractivity contribution in [2.75, 3.05) is 19.6 Å². The lowest BCUT2D eigenvalue weighted by atomic mass is 10.2. The molecule has 0 bridgehead atoms. The van der Waals surface area contributed by atoms with Crippen LogP contribution >= 0.6 is 22.9 Å². The number of nitrogens with zero attached hydrogens (tertiary/aromatic N) is 5. The number of benzene rings is 1. The van der Waals surface area contributed by atoms with Crippen molar-refractivity contribution in [2.24, 2.45) is 0 Å². The number of thiophene rings is 1. The van der Waals surface area contributed by atoms with Gasteiger partial charge < -0.3 is 9.64 Å². The molecule has 13 heteroatoms. The zero-order valence-corrected chi connectivity index (χ0v) is 22.7. The molecule has 0 unspecified atom stereocenters. The van der Waals surface area contributed by atoms with E-state index in [9.17, 15) is 18.0 Å². The molecule has 1 saturated heterocycles. The standard InChI is InChI=1S/C24H24ClN5O5S2/c1-24(2,3)35-23(32)30-18-6-7-26-12-17(18)27-20(30)13-28-8-9-29(14-21(28)31)37(33,34)22-10-15-4-5-16(25)11-19(15)36-22/h4-7,10-12H,8-9,13-14H2,1-3H3. The Morgan fingerprint density at radius 3 is 2.70 bits per heavy atom. The summed E-state index contributed by atoms with van der Waals surface area (Å²) in [7, 11) is -3.87. The lowest BCUT2D eigenvalue weighted by Gasteiger charge is -2.33. The largest absolute Gasteiger partial charge is 0.443 e. The van der Waals surface area contributed by atoms with Crippen LogP contribution in [0.5, 0.6) is 0 Å². The van der Waals surface area contributed by atoms with Gasteiger partial charge in [-0.2, -0.15) is 4.31 Å². The van der Waals surface area contributed by atoms with Crippen molar-refractivity contribution >= 4 is 66.1 Å². The molecule has 0 radical (unpaired) electrons. The summed E-state index contributed by atoms with van der Waals surface area (Å²) in [4.78, 5) is 36.1. The van der Waals surface area contributed by atoms with E-state index in [-0.39, 0.29) is 36.3 Å². The summed E-state index contributed by atoms with van der Waals surface area (Å²) >= 11 is 7.16. The molecule has 0 N–H and O–H groups in total. The van der Waals surface area contributed by atoms with Crippen molar-refractivity contribution in [2.45, 2.75) is 37.1 Å². The SMILES string of the molecule is CC(C)(C)OC(=O)n1c(CN2CCN(S(=O)(=O)c3cc4ccc(Cl)cc4s3)CC2=O)nc2cnccc21. The summed E-state index contributed by atoms with van der Waals surface area (Å²) in [6.07, 6.45) is 2.46. The average Bonchev–Trinajstić information content (AvgIpc) is 3.40.